The summed E-state index contributed by atoms with van der Waals surface area (Å²) in [6, 6.07) is 10.4. The number of rotatable bonds is 2. The van der Waals surface area contributed by atoms with Crippen molar-refractivity contribution in [3.05, 3.63) is 35.9 Å². The lowest BCUT2D eigenvalue weighted by Gasteiger charge is -2.49. The van der Waals surface area contributed by atoms with E-state index >= 15 is 0 Å². The summed E-state index contributed by atoms with van der Waals surface area (Å²) in [7, 11) is 0. The summed E-state index contributed by atoms with van der Waals surface area (Å²) in [6.45, 7) is 3.40. The highest BCUT2D eigenvalue weighted by atomic mass is 16.7. The van der Waals surface area contributed by atoms with E-state index in [0.29, 0.717) is 5.92 Å². The number of hydrogen-bond donors (Lipinski definition) is 1. The number of oxime groups is 1. The fourth-order valence-corrected chi connectivity index (χ4v) is 3.56. The number of piperidine rings is 3. The van der Waals surface area contributed by atoms with Gasteiger partial charge in [0.25, 0.3) is 0 Å². The van der Waals surface area contributed by atoms with Gasteiger partial charge in [0, 0.05) is 12.3 Å². The molecule has 0 radical (unpaired) electrons. The van der Waals surface area contributed by atoms with Crippen LogP contribution >= 0.6 is 0 Å². The Balaban J connectivity index is 1.48. The van der Waals surface area contributed by atoms with Crippen molar-refractivity contribution in [2.75, 3.05) is 19.6 Å². The van der Waals surface area contributed by atoms with Crippen LogP contribution in [-0.2, 0) is 11.3 Å². The second-order valence-corrected chi connectivity index (χ2v) is 5.86. The van der Waals surface area contributed by atoms with E-state index in [4.69, 9.17) is 4.84 Å². The van der Waals surface area contributed by atoms with Crippen molar-refractivity contribution in [2.45, 2.75) is 25.0 Å². The molecule has 3 fully saturated rings. The molecule has 4 heterocycles. The third kappa shape index (κ3) is 1.91. The Morgan fingerprint density at radius 1 is 1.26 bits per heavy atom. The molecule has 1 unspecified atom stereocenters. The van der Waals surface area contributed by atoms with E-state index in [1.165, 1.54) is 31.5 Å². The second-order valence-electron chi connectivity index (χ2n) is 5.86. The minimum atomic E-state index is -0.236. The average molecular weight is 257 g/mol. The molecule has 2 bridgehead atoms. The van der Waals surface area contributed by atoms with Crippen LogP contribution in [0.3, 0.4) is 0 Å². The SMILES string of the molecule is c1ccc(CC2=NOC3(CN4CCC3CC4)N2)cc1. The standard InChI is InChI=1S/C15H19N3O/c1-2-4-12(5-3-1)10-14-16-15(19-17-14)11-18-8-6-13(15)7-9-18/h1-5,13H,6-11H2,(H,16,17). The maximum atomic E-state index is 5.84. The number of fused-ring (bicyclic) bond motifs is 2. The molecule has 4 nitrogen and oxygen atoms in total. The molecule has 0 amide bonds. The Morgan fingerprint density at radius 3 is 2.74 bits per heavy atom. The normalized spacial score (nSPS) is 35.9. The molecule has 4 aliphatic rings. The number of benzene rings is 1. The van der Waals surface area contributed by atoms with Crippen LogP contribution in [0.25, 0.3) is 0 Å². The molecular weight excluding hydrogens is 238 g/mol. The van der Waals surface area contributed by atoms with Crippen molar-refractivity contribution in [1.29, 1.82) is 0 Å². The summed E-state index contributed by atoms with van der Waals surface area (Å²) < 4.78 is 0. The van der Waals surface area contributed by atoms with Crippen molar-refractivity contribution in [3.8, 4) is 0 Å². The first kappa shape index (κ1) is 11.3. The highest BCUT2D eigenvalue weighted by Crippen LogP contribution is 2.38. The molecule has 4 heteroatoms. The predicted molar refractivity (Wildman–Crippen MR) is 73.7 cm³/mol. The van der Waals surface area contributed by atoms with E-state index in [9.17, 15) is 0 Å². The lowest BCUT2D eigenvalue weighted by Crippen LogP contribution is -2.65. The Morgan fingerprint density at radius 2 is 2.05 bits per heavy atom. The zero-order chi connectivity index (χ0) is 12.7. The maximum absolute atomic E-state index is 5.84. The van der Waals surface area contributed by atoms with Gasteiger partial charge in [-0.3, -0.25) is 4.90 Å². The zero-order valence-electron chi connectivity index (χ0n) is 11.0. The Hall–Kier alpha value is -1.55. The van der Waals surface area contributed by atoms with Gasteiger partial charge < -0.3 is 10.2 Å². The van der Waals surface area contributed by atoms with Gasteiger partial charge in [-0.1, -0.05) is 35.5 Å². The Labute approximate surface area is 113 Å². The quantitative estimate of drug-likeness (QED) is 0.874. The summed E-state index contributed by atoms with van der Waals surface area (Å²) in [4.78, 5) is 8.32. The van der Waals surface area contributed by atoms with Gasteiger partial charge in [-0.15, -0.1) is 0 Å². The van der Waals surface area contributed by atoms with Crippen LogP contribution in [0, 0.1) is 5.92 Å². The summed E-state index contributed by atoms with van der Waals surface area (Å²) >= 11 is 0. The highest BCUT2D eigenvalue weighted by molar-refractivity contribution is 5.85. The molecule has 1 aromatic carbocycles. The van der Waals surface area contributed by atoms with E-state index in [1.807, 2.05) is 6.07 Å². The summed E-state index contributed by atoms with van der Waals surface area (Å²) in [5, 5.41) is 7.88. The number of nitrogens with one attached hydrogen (secondary N) is 1. The second kappa shape index (κ2) is 4.23. The summed E-state index contributed by atoms with van der Waals surface area (Å²) in [5.41, 5.74) is 1.04. The molecule has 3 saturated heterocycles. The van der Waals surface area contributed by atoms with Gasteiger partial charge in [0.1, 0.15) is 5.84 Å². The van der Waals surface area contributed by atoms with Gasteiger partial charge in [0.05, 0.1) is 6.54 Å². The van der Waals surface area contributed by atoms with Gasteiger partial charge in [-0.05, 0) is 31.5 Å². The molecular formula is C15H19N3O. The molecule has 0 saturated carbocycles. The molecule has 0 aromatic heterocycles. The van der Waals surface area contributed by atoms with Gasteiger partial charge in [0.2, 0.25) is 5.72 Å². The Bertz CT molecular complexity index is 493. The van der Waals surface area contributed by atoms with Gasteiger partial charge >= 0.3 is 0 Å². The number of amidine groups is 1. The summed E-state index contributed by atoms with van der Waals surface area (Å²) in [6.07, 6.45) is 3.28. The molecule has 1 atom stereocenters. The zero-order valence-corrected chi connectivity index (χ0v) is 11.0. The fourth-order valence-electron chi connectivity index (χ4n) is 3.56. The molecule has 1 N–H and O–H groups in total. The monoisotopic (exact) mass is 257 g/mol. The van der Waals surface area contributed by atoms with Crippen LogP contribution in [0.15, 0.2) is 35.5 Å². The molecule has 4 aliphatic heterocycles. The summed E-state index contributed by atoms with van der Waals surface area (Å²) in [5.74, 6) is 1.58. The minimum Gasteiger partial charge on any atom is -0.364 e. The topological polar surface area (TPSA) is 36.9 Å². The first-order valence-corrected chi connectivity index (χ1v) is 7.14. The number of nitrogens with zero attached hydrogens (tertiary/aromatic N) is 2. The molecule has 0 aliphatic carbocycles. The average Bonchev–Trinajstić information content (AvgIpc) is 2.84. The first-order valence-electron chi connectivity index (χ1n) is 7.14. The predicted octanol–water partition coefficient (Wildman–Crippen LogP) is 1.58. The van der Waals surface area contributed by atoms with Crippen molar-refractivity contribution in [1.82, 2.24) is 10.2 Å². The third-order valence-corrected chi connectivity index (χ3v) is 4.59. The van der Waals surface area contributed by atoms with Crippen LogP contribution in [0.5, 0.6) is 0 Å². The largest absolute Gasteiger partial charge is 0.364 e. The van der Waals surface area contributed by atoms with Gasteiger partial charge in [0.15, 0.2) is 0 Å². The molecule has 100 valence electrons. The highest BCUT2D eigenvalue weighted by Gasteiger charge is 2.52. The van der Waals surface area contributed by atoms with Crippen molar-refractivity contribution >= 4 is 5.84 Å². The van der Waals surface area contributed by atoms with Crippen molar-refractivity contribution < 1.29 is 4.84 Å². The van der Waals surface area contributed by atoms with Crippen LogP contribution in [0.1, 0.15) is 18.4 Å². The van der Waals surface area contributed by atoms with Gasteiger partial charge in [-0.2, -0.15) is 0 Å². The number of hydrogen-bond acceptors (Lipinski definition) is 4. The Kier molecular flexibility index (Phi) is 2.52. The maximum Gasteiger partial charge on any atom is 0.224 e. The lowest BCUT2D eigenvalue weighted by molar-refractivity contribution is -0.148. The first-order chi connectivity index (χ1) is 9.34. The van der Waals surface area contributed by atoms with E-state index < -0.39 is 0 Å². The van der Waals surface area contributed by atoms with Crippen LogP contribution in [0.2, 0.25) is 0 Å². The smallest absolute Gasteiger partial charge is 0.224 e. The molecule has 5 rings (SSSR count). The molecule has 1 spiro atoms. The molecule has 1 aromatic rings. The van der Waals surface area contributed by atoms with E-state index in [1.54, 1.807) is 0 Å². The van der Waals surface area contributed by atoms with E-state index in [0.717, 1.165) is 18.8 Å². The van der Waals surface area contributed by atoms with Crippen molar-refractivity contribution in [2.24, 2.45) is 11.1 Å². The minimum absolute atomic E-state index is 0.236. The van der Waals surface area contributed by atoms with Crippen LogP contribution in [-0.4, -0.2) is 36.1 Å². The van der Waals surface area contributed by atoms with Gasteiger partial charge in [-0.25, -0.2) is 0 Å². The lowest BCUT2D eigenvalue weighted by atomic mass is 9.81. The fraction of sp³-hybridized carbons (Fsp3) is 0.533. The van der Waals surface area contributed by atoms with Crippen molar-refractivity contribution in [3.63, 3.8) is 0 Å². The van der Waals surface area contributed by atoms with Crippen LogP contribution in [0.4, 0.5) is 0 Å². The van der Waals surface area contributed by atoms with Crippen LogP contribution < -0.4 is 5.32 Å². The van der Waals surface area contributed by atoms with E-state index in [-0.39, 0.29) is 5.72 Å². The van der Waals surface area contributed by atoms with E-state index in [2.05, 4.69) is 39.6 Å². The third-order valence-electron chi connectivity index (χ3n) is 4.59. The molecule has 19 heavy (non-hydrogen) atoms.